The summed E-state index contributed by atoms with van der Waals surface area (Å²) in [5.74, 6) is -0.496. The highest BCUT2D eigenvalue weighted by Gasteiger charge is 2.41. The number of benzene rings is 2. The van der Waals surface area contributed by atoms with Crippen molar-refractivity contribution in [1.82, 2.24) is 0 Å². The number of fused-ring (bicyclic) bond motifs is 1. The van der Waals surface area contributed by atoms with Gasteiger partial charge in [0.25, 0.3) is 0 Å². The zero-order valence-corrected chi connectivity index (χ0v) is 14.1. The first kappa shape index (κ1) is 16.8. The number of aryl methyl sites for hydroxylation is 1. The molecule has 7 heteroatoms. The second-order valence-electron chi connectivity index (χ2n) is 5.50. The van der Waals surface area contributed by atoms with E-state index in [4.69, 9.17) is 5.73 Å². The number of rotatable bonds is 4. The smallest absolute Gasteiger partial charge is 0.148 e. The van der Waals surface area contributed by atoms with Crippen LogP contribution in [-0.4, -0.2) is 22.2 Å². The van der Waals surface area contributed by atoms with Crippen LogP contribution in [0.5, 0.6) is 0 Å². The number of nitrogens with zero attached hydrogens (tertiary/aromatic N) is 2. The highest BCUT2D eigenvalue weighted by molar-refractivity contribution is 8.27. The summed E-state index contributed by atoms with van der Waals surface area (Å²) in [5, 5.41) is 0. The molecule has 2 aromatic rings. The van der Waals surface area contributed by atoms with E-state index in [9.17, 15) is 13.5 Å². The Hall–Kier alpha value is -2.06. The quantitative estimate of drug-likeness (QED) is 0.722. The summed E-state index contributed by atoms with van der Waals surface area (Å²) in [5.41, 5.74) is 7.54. The van der Waals surface area contributed by atoms with Gasteiger partial charge in [-0.3, -0.25) is 9.11 Å². The van der Waals surface area contributed by atoms with E-state index in [2.05, 4.69) is 0 Å². The molecule has 24 heavy (non-hydrogen) atoms. The Morgan fingerprint density at radius 1 is 1.08 bits per heavy atom. The molecule has 0 amide bonds. The third kappa shape index (κ3) is 2.76. The van der Waals surface area contributed by atoms with Crippen molar-refractivity contribution in [2.75, 3.05) is 21.7 Å². The fourth-order valence-corrected chi connectivity index (χ4v) is 4.44. The van der Waals surface area contributed by atoms with Gasteiger partial charge in [0.2, 0.25) is 0 Å². The van der Waals surface area contributed by atoms with Gasteiger partial charge in [-0.25, -0.2) is 13.0 Å². The van der Waals surface area contributed by atoms with Crippen molar-refractivity contribution >= 4 is 28.0 Å². The molecule has 1 aliphatic rings. The fourth-order valence-electron chi connectivity index (χ4n) is 2.71. The lowest BCUT2D eigenvalue weighted by molar-refractivity contribution is 0.485. The molecule has 128 valence electrons. The standard InChI is InChI=1S/C17H20FN3O2S/c1-13-8-9-15(14(18)12-13)21-17-7-3-2-6-16(17)20(24(21,22)23)11-5-4-10-19/h2-9,12,22-23H,10-11,19H2,1H3. The lowest BCUT2D eigenvalue weighted by Gasteiger charge is -2.43. The van der Waals surface area contributed by atoms with Crippen LogP contribution in [0.4, 0.5) is 21.5 Å². The monoisotopic (exact) mass is 349 g/mol. The first-order valence-corrected chi connectivity index (χ1v) is 8.99. The maximum absolute atomic E-state index is 14.5. The zero-order valence-electron chi connectivity index (χ0n) is 13.3. The van der Waals surface area contributed by atoms with Crippen LogP contribution < -0.4 is 14.3 Å². The van der Waals surface area contributed by atoms with Crippen LogP contribution in [0, 0.1) is 12.7 Å². The molecule has 0 unspecified atom stereocenters. The maximum Gasteiger partial charge on any atom is 0.148 e. The van der Waals surface area contributed by atoms with Gasteiger partial charge in [-0.15, -0.1) is 0 Å². The van der Waals surface area contributed by atoms with Crippen molar-refractivity contribution in [2.24, 2.45) is 5.73 Å². The minimum Gasteiger partial charge on any atom is -0.327 e. The SMILES string of the molecule is Cc1ccc(N2c3ccccc3N(CC=CCN)S2(O)O)c(F)c1. The van der Waals surface area contributed by atoms with Gasteiger partial charge < -0.3 is 5.73 Å². The number of hydrogen-bond acceptors (Lipinski definition) is 5. The largest absolute Gasteiger partial charge is 0.327 e. The van der Waals surface area contributed by atoms with Gasteiger partial charge in [-0.05, 0) is 47.7 Å². The molecule has 5 nitrogen and oxygen atoms in total. The molecule has 4 N–H and O–H groups in total. The second kappa shape index (κ2) is 6.45. The van der Waals surface area contributed by atoms with Gasteiger partial charge in [-0.1, -0.05) is 30.4 Å². The number of para-hydroxylation sites is 2. The summed E-state index contributed by atoms with van der Waals surface area (Å²) in [6.07, 6.45) is 3.51. The summed E-state index contributed by atoms with van der Waals surface area (Å²) in [4.78, 5) is 0. The summed E-state index contributed by atoms with van der Waals surface area (Å²) < 4.78 is 38.9. The van der Waals surface area contributed by atoms with E-state index in [-0.39, 0.29) is 12.2 Å². The number of nitrogens with two attached hydrogens (primary N) is 1. The molecule has 1 heterocycles. The molecule has 0 saturated heterocycles. The molecule has 0 atom stereocenters. The van der Waals surface area contributed by atoms with Gasteiger partial charge in [-0.2, -0.15) is 0 Å². The highest BCUT2D eigenvalue weighted by atomic mass is 32.3. The third-order valence-electron chi connectivity index (χ3n) is 3.81. The zero-order chi connectivity index (χ0) is 17.3. The maximum atomic E-state index is 14.5. The Morgan fingerprint density at radius 3 is 2.46 bits per heavy atom. The van der Waals surface area contributed by atoms with E-state index < -0.39 is 16.8 Å². The molecule has 1 aliphatic heterocycles. The minimum atomic E-state index is -3.42. The number of halogens is 1. The van der Waals surface area contributed by atoms with E-state index >= 15 is 0 Å². The lowest BCUT2D eigenvalue weighted by atomic mass is 10.2. The summed E-state index contributed by atoms with van der Waals surface area (Å²) in [7, 11) is -3.42. The van der Waals surface area contributed by atoms with Crippen LogP contribution in [0.3, 0.4) is 0 Å². The Bertz CT molecular complexity index is 782. The van der Waals surface area contributed by atoms with Crippen molar-refractivity contribution in [3.8, 4) is 0 Å². The van der Waals surface area contributed by atoms with Crippen molar-refractivity contribution in [1.29, 1.82) is 0 Å². The predicted molar refractivity (Wildman–Crippen MR) is 98.1 cm³/mol. The van der Waals surface area contributed by atoms with Crippen LogP contribution in [-0.2, 0) is 0 Å². The fraction of sp³-hybridized carbons (Fsp3) is 0.176. The average Bonchev–Trinajstić information content (AvgIpc) is 2.76. The van der Waals surface area contributed by atoms with Gasteiger partial charge in [0.1, 0.15) is 11.5 Å². The van der Waals surface area contributed by atoms with Crippen molar-refractivity contribution in [3.63, 3.8) is 0 Å². The molecule has 0 spiro atoms. The van der Waals surface area contributed by atoms with Crippen molar-refractivity contribution in [2.45, 2.75) is 6.92 Å². The molecule has 2 aromatic carbocycles. The molecule has 3 rings (SSSR count). The van der Waals surface area contributed by atoms with Crippen LogP contribution in [0.2, 0.25) is 0 Å². The first-order chi connectivity index (χ1) is 11.5. The van der Waals surface area contributed by atoms with Gasteiger partial charge >= 0.3 is 0 Å². The number of anilines is 3. The van der Waals surface area contributed by atoms with Gasteiger partial charge in [0, 0.05) is 6.54 Å². The van der Waals surface area contributed by atoms with Crippen LogP contribution in [0.1, 0.15) is 5.56 Å². The van der Waals surface area contributed by atoms with Gasteiger partial charge in [0.15, 0.2) is 0 Å². The molecule has 0 aromatic heterocycles. The Balaban J connectivity index is 2.11. The minimum absolute atomic E-state index is 0.137. The van der Waals surface area contributed by atoms with E-state index in [1.807, 2.05) is 6.07 Å². The Labute approximate surface area is 142 Å². The van der Waals surface area contributed by atoms with Crippen LogP contribution in [0.15, 0.2) is 54.6 Å². The molecule has 0 bridgehead atoms. The van der Waals surface area contributed by atoms with Crippen LogP contribution in [0.25, 0.3) is 0 Å². The normalized spacial score (nSPS) is 17.4. The topological polar surface area (TPSA) is 73.0 Å². The van der Waals surface area contributed by atoms with E-state index in [0.29, 0.717) is 17.9 Å². The molecule has 0 aliphatic carbocycles. The van der Waals surface area contributed by atoms with Gasteiger partial charge in [0.05, 0.1) is 17.9 Å². The number of hydrogen-bond donors (Lipinski definition) is 3. The predicted octanol–water partition coefficient (Wildman–Crippen LogP) is 4.19. The molecule has 0 fully saturated rings. The molecular formula is C17H20FN3O2S. The van der Waals surface area contributed by atoms with Crippen LogP contribution >= 0.6 is 11.0 Å². The highest BCUT2D eigenvalue weighted by Crippen LogP contribution is 2.64. The first-order valence-electron chi connectivity index (χ1n) is 7.53. The van der Waals surface area contributed by atoms with Crippen molar-refractivity contribution in [3.05, 3.63) is 66.0 Å². The Kier molecular flexibility index (Phi) is 4.51. The molecule has 0 radical (unpaired) electrons. The molecule has 0 saturated carbocycles. The van der Waals surface area contributed by atoms with Crippen molar-refractivity contribution < 1.29 is 13.5 Å². The summed E-state index contributed by atoms with van der Waals surface area (Å²) in [6, 6.07) is 11.8. The lowest BCUT2D eigenvalue weighted by Crippen LogP contribution is -2.31. The van der Waals surface area contributed by atoms with E-state index in [0.717, 1.165) is 5.56 Å². The average molecular weight is 349 g/mol. The molecular weight excluding hydrogens is 329 g/mol. The van der Waals surface area contributed by atoms with E-state index in [1.165, 1.54) is 14.7 Å². The third-order valence-corrected chi connectivity index (χ3v) is 5.63. The summed E-state index contributed by atoms with van der Waals surface area (Å²) in [6.45, 7) is 2.41. The second-order valence-corrected chi connectivity index (χ2v) is 7.28. The Morgan fingerprint density at radius 2 is 1.79 bits per heavy atom. The van der Waals surface area contributed by atoms with E-state index in [1.54, 1.807) is 49.4 Å². The summed E-state index contributed by atoms with van der Waals surface area (Å²) >= 11 is 0.